The first-order valence-electron chi connectivity index (χ1n) is 9.54. The van der Waals surface area contributed by atoms with Gasteiger partial charge in [0.05, 0.1) is 0 Å². The number of carbonyl (C=O) groups excluding carboxylic acids is 2. The summed E-state index contributed by atoms with van der Waals surface area (Å²) >= 11 is 0. The monoisotopic (exact) mass is 343 g/mol. The van der Waals surface area contributed by atoms with Gasteiger partial charge in [-0.3, -0.25) is 9.59 Å². The van der Waals surface area contributed by atoms with Crippen molar-refractivity contribution in [3.63, 3.8) is 0 Å². The average molecular weight is 343 g/mol. The van der Waals surface area contributed by atoms with Crippen molar-refractivity contribution in [2.24, 2.45) is 5.92 Å². The van der Waals surface area contributed by atoms with Crippen LogP contribution in [0.1, 0.15) is 39.0 Å². The van der Waals surface area contributed by atoms with E-state index in [0.717, 1.165) is 38.8 Å². The molecule has 1 aromatic rings. The number of rotatable bonds is 4. The Morgan fingerprint density at radius 2 is 1.64 bits per heavy atom. The van der Waals surface area contributed by atoms with E-state index in [1.54, 1.807) is 0 Å². The molecule has 1 atom stereocenters. The fraction of sp³-hybridized carbons (Fsp3) is 0.600. The van der Waals surface area contributed by atoms with Crippen LogP contribution in [0, 0.1) is 5.92 Å². The summed E-state index contributed by atoms with van der Waals surface area (Å²) in [7, 11) is 0. The predicted molar refractivity (Wildman–Crippen MR) is 99.4 cm³/mol. The number of hydrogen-bond donors (Lipinski definition) is 1. The van der Waals surface area contributed by atoms with Gasteiger partial charge >= 0.3 is 0 Å². The third-order valence-electron chi connectivity index (χ3n) is 5.42. The van der Waals surface area contributed by atoms with E-state index < -0.39 is 6.04 Å². The van der Waals surface area contributed by atoms with E-state index in [9.17, 15) is 9.59 Å². The Hall–Kier alpha value is -2.04. The van der Waals surface area contributed by atoms with Gasteiger partial charge in [0.1, 0.15) is 6.04 Å². The van der Waals surface area contributed by atoms with Crippen LogP contribution in [-0.2, 0) is 9.59 Å². The average Bonchev–Trinajstić information content (AvgIpc) is 2.69. The lowest BCUT2D eigenvalue weighted by Crippen LogP contribution is -2.54. The number of carbonyl (C=O) groups is 2. The van der Waals surface area contributed by atoms with Gasteiger partial charge in [-0.15, -0.1) is 0 Å². The van der Waals surface area contributed by atoms with Gasteiger partial charge < -0.3 is 15.1 Å². The number of nitrogens with one attached hydrogen (secondary N) is 1. The zero-order valence-electron chi connectivity index (χ0n) is 15.1. The summed E-state index contributed by atoms with van der Waals surface area (Å²) in [5.74, 6) is 0.194. The molecule has 2 fully saturated rings. The highest BCUT2D eigenvalue weighted by atomic mass is 16.2. The zero-order valence-corrected chi connectivity index (χ0v) is 15.1. The molecule has 2 amide bonds. The van der Waals surface area contributed by atoms with Crippen LogP contribution in [0.2, 0.25) is 0 Å². The van der Waals surface area contributed by atoms with Crippen molar-refractivity contribution in [3.8, 4) is 0 Å². The molecule has 0 aromatic heterocycles. The molecular weight excluding hydrogens is 314 g/mol. The molecule has 0 unspecified atom stereocenters. The number of nitrogens with zero attached hydrogens (tertiary/aromatic N) is 2. The number of anilines is 1. The first-order valence-corrected chi connectivity index (χ1v) is 9.54. The molecule has 0 bridgehead atoms. The van der Waals surface area contributed by atoms with E-state index in [1.807, 2.05) is 30.0 Å². The lowest BCUT2D eigenvalue weighted by molar-refractivity contribution is -0.137. The van der Waals surface area contributed by atoms with Gasteiger partial charge in [0, 0.05) is 37.8 Å². The molecule has 5 heteroatoms. The van der Waals surface area contributed by atoms with Crippen molar-refractivity contribution in [2.75, 3.05) is 31.1 Å². The topological polar surface area (TPSA) is 52.7 Å². The molecule has 1 aliphatic carbocycles. The van der Waals surface area contributed by atoms with Crippen molar-refractivity contribution in [3.05, 3.63) is 30.3 Å². The van der Waals surface area contributed by atoms with Crippen LogP contribution in [0.25, 0.3) is 0 Å². The van der Waals surface area contributed by atoms with Gasteiger partial charge in [-0.1, -0.05) is 37.5 Å². The largest absolute Gasteiger partial charge is 0.368 e. The number of hydrogen-bond acceptors (Lipinski definition) is 3. The molecule has 1 N–H and O–H groups in total. The summed E-state index contributed by atoms with van der Waals surface area (Å²) in [6.45, 7) is 4.89. The van der Waals surface area contributed by atoms with Crippen molar-refractivity contribution < 1.29 is 9.59 Å². The van der Waals surface area contributed by atoms with E-state index in [2.05, 4.69) is 22.3 Å². The predicted octanol–water partition coefficient (Wildman–Crippen LogP) is 2.42. The van der Waals surface area contributed by atoms with E-state index in [4.69, 9.17) is 0 Å². The maximum atomic E-state index is 12.7. The Morgan fingerprint density at radius 3 is 2.28 bits per heavy atom. The molecule has 1 saturated heterocycles. The second kappa shape index (κ2) is 8.37. The minimum atomic E-state index is -0.433. The van der Waals surface area contributed by atoms with Crippen molar-refractivity contribution in [2.45, 2.75) is 45.1 Å². The van der Waals surface area contributed by atoms with Gasteiger partial charge in [-0.25, -0.2) is 0 Å². The van der Waals surface area contributed by atoms with Crippen LogP contribution in [0.5, 0.6) is 0 Å². The second-order valence-corrected chi connectivity index (χ2v) is 7.21. The smallest absolute Gasteiger partial charge is 0.244 e. The molecule has 0 spiro atoms. The van der Waals surface area contributed by atoms with E-state index in [-0.39, 0.29) is 17.7 Å². The lowest BCUT2D eigenvalue weighted by Gasteiger charge is -2.37. The van der Waals surface area contributed by atoms with Gasteiger partial charge in [-0.2, -0.15) is 0 Å². The van der Waals surface area contributed by atoms with Gasteiger partial charge in [0.2, 0.25) is 11.8 Å². The van der Waals surface area contributed by atoms with Crippen molar-refractivity contribution >= 4 is 17.5 Å². The van der Waals surface area contributed by atoms with Gasteiger partial charge in [0.25, 0.3) is 0 Å². The highest BCUT2D eigenvalue weighted by Gasteiger charge is 2.28. The Labute approximate surface area is 150 Å². The van der Waals surface area contributed by atoms with Gasteiger partial charge in [-0.05, 0) is 31.9 Å². The fourth-order valence-corrected chi connectivity index (χ4v) is 3.86. The van der Waals surface area contributed by atoms with Gasteiger partial charge in [0.15, 0.2) is 0 Å². The van der Waals surface area contributed by atoms with E-state index >= 15 is 0 Å². The van der Waals surface area contributed by atoms with Crippen LogP contribution in [-0.4, -0.2) is 48.9 Å². The maximum absolute atomic E-state index is 12.7. The van der Waals surface area contributed by atoms with Crippen LogP contribution < -0.4 is 10.2 Å². The first kappa shape index (κ1) is 17.8. The fourth-order valence-electron chi connectivity index (χ4n) is 3.86. The Morgan fingerprint density at radius 1 is 1.00 bits per heavy atom. The van der Waals surface area contributed by atoms with Crippen LogP contribution in [0.15, 0.2) is 30.3 Å². The second-order valence-electron chi connectivity index (χ2n) is 7.21. The molecule has 1 aliphatic heterocycles. The quantitative estimate of drug-likeness (QED) is 0.913. The molecule has 3 rings (SSSR count). The summed E-state index contributed by atoms with van der Waals surface area (Å²) in [6, 6.07) is 9.86. The first-order chi connectivity index (χ1) is 12.1. The summed E-state index contributed by atoms with van der Waals surface area (Å²) in [4.78, 5) is 29.2. The minimum Gasteiger partial charge on any atom is -0.368 e. The summed E-state index contributed by atoms with van der Waals surface area (Å²) in [6.07, 6.45) is 5.40. The minimum absolute atomic E-state index is 0.0388. The molecule has 1 aromatic carbocycles. The third kappa shape index (κ3) is 4.53. The normalized spacial score (nSPS) is 20.2. The van der Waals surface area contributed by atoms with Crippen LogP contribution >= 0.6 is 0 Å². The maximum Gasteiger partial charge on any atom is 0.244 e. The summed E-state index contributed by atoms with van der Waals surface area (Å²) < 4.78 is 0. The molecule has 0 radical (unpaired) electrons. The lowest BCUT2D eigenvalue weighted by atomic mass is 9.88. The molecule has 2 aliphatic rings. The Bertz CT molecular complexity index is 576. The number of para-hydroxylation sites is 1. The van der Waals surface area contributed by atoms with E-state index in [1.165, 1.54) is 12.1 Å². The number of piperazine rings is 1. The number of benzene rings is 1. The number of amides is 2. The highest BCUT2D eigenvalue weighted by Crippen LogP contribution is 2.23. The summed E-state index contributed by atoms with van der Waals surface area (Å²) in [5, 5.41) is 2.95. The van der Waals surface area contributed by atoms with Crippen molar-refractivity contribution in [1.29, 1.82) is 0 Å². The molecule has 5 nitrogen and oxygen atoms in total. The van der Waals surface area contributed by atoms with Crippen LogP contribution in [0.4, 0.5) is 5.69 Å². The molecule has 1 saturated carbocycles. The standard InChI is InChI=1S/C20H29N3O2/c1-16(21-19(24)17-8-4-2-5-9-17)20(25)23-14-12-22(13-15-23)18-10-6-3-7-11-18/h3,6-7,10-11,16-17H,2,4-5,8-9,12-15H2,1H3,(H,21,24)/t16-/m0/s1. The van der Waals surface area contributed by atoms with E-state index in [0.29, 0.717) is 13.1 Å². The molecule has 136 valence electrons. The Kier molecular flexibility index (Phi) is 5.95. The molecule has 1 heterocycles. The highest BCUT2D eigenvalue weighted by molar-refractivity contribution is 5.88. The molecule has 25 heavy (non-hydrogen) atoms. The summed E-state index contributed by atoms with van der Waals surface area (Å²) in [5.41, 5.74) is 1.20. The Balaban J connectivity index is 1.47. The third-order valence-corrected chi connectivity index (χ3v) is 5.42. The van der Waals surface area contributed by atoms with Crippen LogP contribution in [0.3, 0.4) is 0 Å². The van der Waals surface area contributed by atoms with Crippen molar-refractivity contribution in [1.82, 2.24) is 10.2 Å². The molecular formula is C20H29N3O2. The zero-order chi connectivity index (χ0) is 17.6. The SMILES string of the molecule is C[C@H](NC(=O)C1CCCCC1)C(=O)N1CCN(c2ccccc2)CC1.